The number of carbonyl (C=O) groups excluding carboxylic acids is 2. The number of amides is 1. The summed E-state index contributed by atoms with van der Waals surface area (Å²) >= 11 is 5.88. The molecule has 0 saturated heterocycles. The summed E-state index contributed by atoms with van der Waals surface area (Å²) in [6.07, 6.45) is 2.85. The second-order valence-electron chi connectivity index (χ2n) is 5.82. The maximum Gasteiger partial charge on any atom is 0.331 e. The average molecular weight is 388 g/mol. The van der Waals surface area contributed by atoms with Gasteiger partial charge in [0.2, 0.25) is 0 Å². The Morgan fingerprint density at radius 2 is 1.89 bits per heavy atom. The number of benzene rings is 2. The van der Waals surface area contributed by atoms with Crippen molar-refractivity contribution >= 4 is 29.6 Å². The van der Waals surface area contributed by atoms with E-state index in [0.29, 0.717) is 18.2 Å². The Morgan fingerprint density at radius 3 is 2.56 bits per heavy atom. The van der Waals surface area contributed by atoms with Crippen molar-refractivity contribution in [1.29, 1.82) is 0 Å². The summed E-state index contributed by atoms with van der Waals surface area (Å²) < 4.78 is 10.4. The highest BCUT2D eigenvalue weighted by atomic mass is 35.5. The Kier molecular flexibility index (Phi) is 7.89. The maximum atomic E-state index is 12.1. The number of halogens is 1. The summed E-state index contributed by atoms with van der Waals surface area (Å²) in [5.41, 5.74) is 1.74. The standard InChI is InChI=1S/C21H22ClNO4/c1-3-26-19-10-7-17(8-11-19)14-23(2)20(24)15-27-21(25)12-9-16-5-4-6-18(22)13-16/h4-13H,3,14-15H2,1-2H3/b12-9+. The van der Waals surface area contributed by atoms with Gasteiger partial charge in [0.15, 0.2) is 6.61 Å². The summed E-state index contributed by atoms with van der Waals surface area (Å²) in [5.74, 6) is -0.0816. The third-order valence-corrected chi connectivity index (χ3v) is 3.91. The van der Waals surface area contributed by atoms with Gasteiger partial charge in [-0.1, -0.05) is 35.9 Å². The fraction of sp³-hybridized carbons (Fsp3) is 0.238. The van der Waals surface area contributed by atoms with Crippen molar-refractivity contribution in [1.82, 2.24) is 4.90 Å². The molecular formula is C21H22ClNO4. The summed E-state index contributed by atoms with van der Waals surface area (Å²) in [7, 11) is 1.66. The predicted molar refractivity (Wildman–Crippen MR) is 106 cm³/mol. The molecule has 0 saturated carbocycles. The molecule has 2 aromatic rings. The van der Waals surface area contributed by atoms with E-state index in [0.717, 1.165) is 16.9 Å². The fourth-order valence-electron chi connectivity index (χ4n) is 2.29. The van der Waals surface area contributed by atoms with Crippen molar-refractivity contribution in [3.8, 4) is 5.75 Å². The van der Waals surface area contributed by atoms with Crippen LogP contribution in [0.5, 0.6) is 5.75 Å². The summed E-state index contributed by atoms with van der Waals surface area (Å²) in [5, 5.41) is 0.580. The van der Waals surface area contributed by atoms with Crippen LogP contribution in [-0.4, -0.2) is 37.0 Å². The van der Waals surface area contributed by atoms with E-state index in [4.69, 9.17) is 21.1 Å². The van der Waals surface area contributed by atoms with Crippen molar-refractivity contribution in [3.05, 3.63) is 70.8 Å². The Morgan fingerprint density at radius 1 is 1.15 bits per heavy atom. The van der Waals surface area contributed by atoms with Gasteiger partial charge < -0.3 is 14.4 Å². The summed E-state index contributed by atoms with van der Waals surface area (Å²) in [6.45, 7) is 2.63. The molecule has 0 atom stereocenters. The first kappa shape index (κ1) is 20.5. The van der Waals surface area contributed by atoms with E-state index in [-0.39, 0.29) is 12.5 Å². The van der Waals surface area contributed by atoms with E-state index < -0.39 is 5.97 Å². The maximum absolute atomic E-state index is 12.1. The van der Waals surface area contributed by atoms with Crippen LogP contribution < -0.4 is 4.74 Å². The van der Waals surface area contributed by atoms with Gasteiger partial charge in [0, 0.05) is 24.7 Å². The van der Waals surface area contributed by atoms with Crippen LogP contribution in [-0.2, 0) is 20.9 Å². The van der Waals surface area contributed by atoms with Crippen LogP contribution in [0.2, 0.25) is 5.02 Å². The van der Waals surface area contributed by atoms with E-state index in [9.17, 15) is 9.59 Å². The lowest BCUT2D eigenvalue weighted by Crippen LogP contribution is -2.30. The molecule has 0 aliphatic rings. The summed E-state index contributed by atoms with van der Waals surface area (Å²) in [4.78, 5) is 25.4. The molecule has 0 heterocycles. The van der Waals surface area contributed by atoms with Gasteiger partial charge in [-0.2, -0.15) is 0 Å². The molecule has 0 aliphatic heterocycles. The number of hydrogen-bond acceptors (Lipinski definition) is 4. The number of nitrogens with zero attached hydrogens (tertiary/aromatic N) is 1. The van der Waals surface area contributed by atoms with Crippen molar-refractivity contribution in [3.63, 3.8) is 0 Å². The molecule has 0 unspecified atom stereocenters. The minimum absolute atomic E-state index is 0.284. The Balaban J connectivity index is 1.79. The van der Waals surface area contributed by atoms with E-state index in [1.54, 1.807) is 31.3 Å². The molecule has 27 heavy (non-hydrogen) atoms. The number of carbonyl (C=O) groups is 2. The van der Waals surface area contributed by atoms with Crippen LogP contribution in [0.15, 0.2) is 54.6 Å². The zero-order valence-corrected chi connectivity index (χ0v) is 16.1. The molecular weight excluding hydrogens is 366 g/mol. The van der Waals surface area contributed by atoms with Crippen LogP contribution in [0, 0.1) is 0 Å². The highest BCUT2D eigenvalue weighted by Crippen LogP contribution is 2.14. The minimum Gasteiger partial charge on any atom is -0.494 e. The van der Waals surface area contributed by atoms with Crippen LogP contribution >= 0.6 is 11.6 Å². The van der Waals surface area contributed by atoms with Gasteiger partial charge >= 0.3 is 5.97 Å². The van der Waals surface area contributed by atoms with Crippen LogP contribution in [0.25, 0.3) is 6.08 Å². The quantitative estimate of drug-likeness (QED) is 0.508. The molecule has 1 amide bonds. The fourth-order valence-corrected chi connectivity index (χ4v) is 2.48. The minimum atomic E-state index is -0.585. The van der Waals surface area contributed by atoms with E-state index in [1.807, 2.05) is 37.3 Å². The first-order valence-corrected chi connectivity index (χ1v) is 8.92. The Labute approximate surface area is 164 Å². The molecule has 142 valence electrons. The number of rotatable bonds is 8. The van der Waals surface area contributed by atoms with Crippen molar-refractivity contribution in [2.75, 3.05) is 20.3 Å². The second kappa shape index (κ2) is 10.4. The number of esters is 1. The molecule has 6 heteroatoms. The lowest BCUT2D eigenvalue weighted by molar-refractivity contribution is -0.147. The lowest BCUT2D eigenvalue weighted by atomic mass is 10.2. The molecule has 0 spiro atoms. The largest absolute Gasteiger partial charge is 0.494 e. The van der Waals surface area contributed by atoms with Gasteiger partial charge in [-0.3, -0.25) is 4.79 Å². The first-order valence-electron chi connectivity index (χ1n) is 8.54. The Bertz CT molecular complexity index is 802. The summed E-state index contributed by atoms with van der Waals surface area (Å²) in [6, 6.07) is 14.6. The zero-order valence-electron chi connectivity index (χ0n) is 15.4. The highest BCUT2D eigenvalue weighted by molar-refractivity contribution is 6.30. The topological polar surface area (TPSA) is 55.8 Å². The van der Waals surface area contributed by atoms with Gasteiger partial charge in [-0.15, -0.1) is 0 Å². The van der Waals surface area contributed by atoms with E-state index in [1.165, 1.54) is 11.0 Å². The zero-order chi connectivity index (χ0) is 19.6. The van der Waals surface area contributed by atoms with Gasteiger partial charge in [-0.25, -0.2) is 4.79 Å². The lowest BCUT2D eigenvalue weighted by Gasteiger charge is -2.17. The molecule has 0 fully saturated rings. The number of hydrogen-bond donors (Lipinski definition) is 0. The van der Waals surface area contributed by atoms with Gasteiger partial charge in [0.1, 0.15) is 5.75 Å². The Hall–Kier alpha value is -2.79. The smallest absolute Gasteiger partial charge is 0.331 e. The molecule has 0 aromatic heterocycles. The molecule has 0 aliphatic carbocycles. The third kappa shape index (κ3) is 7.15. The SMILES string of the molecule is CCOc1ccc(CN(C)C(=O)COC(=O)/C=C/c2cccc(Cl)c2)cc1. The van der Waals surface area contributed by atoms with Crippen molar-refractivity contribution < 1.29 is 19.1 Å². The molecule has 0 bridgehead atoms. The van der Waals surface area contributed by atoms with Crippen LogP contribution in [0.4, 0.5) is 0 Å². The molecule has 0 radical (unpaired) electrons. The molecule has 5 nitrogen and oxygen atoms in total. The number of likely N-dealkylation sites (N-methyl/N-ethyl adjacent to an activating group) is 1. The average Bonchev–Trinajstić information content (AvgIpc) is 2.66. The van der Waals surface area contributed by atoms with E-state index >= 15 is 0 Å². The predicted octanol–water partition coefficient (Wildman–Crippen LogP) is 3.95. The van der Waals surface area contributed by atoms with Gasteiger partial charge in [-0.05, 0) is 48.4 Å². The van der Waals surface area contributed by atoms with Gasteiger partial charge in [0.25, 0.3) is 5.91 Å². The van der Waals surface area contributed by atoms with Gasteiger partial charge in [0.05, 0.1) is 6.61 Å². The van der Waals surface area contributed by atoms with Crippen LogP contribution in [0.1, 0.15) is 18.1 Å². The highest BCUT2D eigenvalue weighted by Gasteiger charge is 2.11. The molecule has 0 N–H and O–H groups in total. The molecule has 2 rings (SSSR count). The van der Waals surface area contributed by atoms with Crippen molar-refractivity contribution in [2.24, 2.45) is 0 Å². The second-order valence-corrected chi connectivity index (χ2v) is 6.26. The number of ether oxygens (including phenoxy) is 2. The molecule has 2 aromatic carbocycles. The third-order valence-electron chi connectivity index (χ3n) is 3.68. The van der Waals surface area contributed by atoms with Crippen LogP contribution in [0.3, 0.4) is 0 Å². The monoisotopic (exact) mass is 387 g/mol. The van der Waals surface area contributed by atoms with E-state index in [2.05, 4.69) is 0 Å². The van der Waals surface area contributed by atoms with Crippen molar-refractivity contribution in [2.45, 2.75) is 13.5 Å². The normalized spacial score (nSPS) is 10.6. The first-order chi connectivity index (χ1) is 13.0.